The van der Waals surface area contributed by atoms with Crippen LogP contribution in [0.5, 0.6) is 0 Å². The second-order valence-electron chi connectivity index (χ2n) is 4.91. The van der Waals surface area contributed by atoms with Crippen LogP contribution < -0.4 is 5.32 Å². The maximum Gasteiger partial charge on any atom is 0.149 e. The monoisotopic (exact) mass is 276 g/mol. The Bertz CT molecular complexity index is 529. The van der Waals surface area contributed by atoms with Crippen molar-refractivity contribution in [3.8, 4) is 0 Å². The lowest BCUT2D eigenvalue weighted by Crippen LogP contribution is -2.18. The van der Waals surface area contributed by atoms with Crippen molar-refractivity contribution in [3.05, 3.63) is 47.0 Å². The fourth-order valence-corrected chi connectivity index (χ4v) is 2.64. The number of rotatable bonds is 4. The Balaban J connectivity index is 1.66. The third-order valence-corrected chi connectivity index (χ3v) is 3.82. The second-order valence-corrected chi connectivity index (χ2v) is 5.34. The summed E-state index contributed by atoms with van der Waals surface area (Å²) in [4.78, 5) is 0. The van der Waals surface area contributed by atoms with Gasteiger partial charge in [-0.3, -0.25) is 0 Å². The number of nitrogens with one attached hydrogen (secondary N) is 1. The van der Waals surface area contributed by atoms with E-state index in [0.717, 1.165) is 36.8 Å². The Morgan fingerprint density at radius 2 is 2.16 bits per heavy atom. The van der Waals surface area contributed by atoms with Crippen LogP contribution in [0.15, 0.2) is 30.6 Å². The summed E-state index contributed by atoms with van der Waals surface area (Å²) in [5.41, 5.74) is 1.28. The molecular formula is C14H17ClN4. The van der Waals surface area contributed by atoms with E-state index in [1.54, 1.807) is 0 Å². The molecule has 100 valence electrons. The first-order chi connectivity index (χ1) is 9.33. The molecule has 2 aromatic rings. The standard InChI is InChI=1S/C14H17ClN4/c15-12-5-3-11(4-6-12)7-9-19-10-17-18-14(19)13-2-1-8-16-13/h3-6,10,13,16H,1-2,7-9H2. The number of hydrogen-bond acceptors (Lipinski definition) is 3. The Labute approximate surface area is 117 Å². The van der Waals surface area contributed by atoms with E-state index in [2.05, 4.69) is 32.2 Å². The fourth-order valence-electron chi connectivity index (χ4n) is 2.51. The highest BCUT2D eigenvalue weighted by Gasteiger charge is 2.21. The van der Waals surface area contributed by atoms with Gasteiger partial charge >= 0.3 is 0 Å². The molecule has 4 nitrogen and oxygen atoms in total. The zero-order chi connectivity index (χ0) is 13.1. The van der Waals surface area contributed by atoms with Crippen molar-refractivity contribution in [2.24, 2.45) is 0 Å². The molecule has 1 N–H and O–H groups in total. The summed E-state index contributed by atoms with van der Waals surface area (Å²) in [5, 5.41) is 12.5. The van der Waals surface area contributed by atoms with Crippen LogP contribution in [0.3, 0.4) is 0 Å². The molecule has 1 atom stereocenters. The summed E-state index contributed by atoms with van der Waals surface area (Å²) in [5.74, 6) is 1.06. The maximum atomic E-state index is 5.89. The van der Waals surface area contributed by atoms with Crippen LogP contribution in [0.1, 0.15) is 30.3 Å². The fraction of sp³-hybridized carbons (Fsp3) is 0.429. The Morgan fingerprint density at radius 1 is 1.32 bits per heavy atom. The number of benzene rings is 1. The molecule has 0 amide bonds. The van der Waals surface area contributed by atoms with E-state index in [0.29, 0.717) is 6.04 Å². The van der Waals surface area contributed by atoms with E-state index < -0.39 is 0 Å². The normalized spacial score (nSPS) is 18.9. The lowest BCUT2D eigenvalue weighted by atomic mass is 10.1. The topological polar surface area (TPSA) is 42.7 Å². The average molecular weight is 277 g/mol. The molecule has 3 rings (SSSR count). The molecule has 0 spiro atoms. The van der Waals surface area contributed by atoms with E-state index in [1.807, 2.05) is 18.5 Å². The first kappa shape index (κ1) is 12.6. The minimum Gasteiger partial charge on any atom is -0.316 e. The van der Waals surface area contributed by atoms with Gasteiger partial charge in [0.1, 0.15) is 12.2 Å². The zero-order valence-electron chi connectivity index (χ0n) is 10.7. The smallest absolute Gasteiger partial charge is 0.149 e. The summed E-state index contributed by atoms with van der Waals surface area (Å²) in [7, 11) is 0. The third-order valence-electron chi connectivity index (χ3n) is 3.57. The summed E-state index contributed by atoms with van der Waals surface area (Å²) in [6, 6.07) is 8.37. The number of halogens is 1. The van der Waals surface area contributed by atoms with Crippen molar-refractivity contribution >= 4 is 11.6 Å². The van der Waals surface area contributed by atoms with Crippen LogP contribution in [0, 0.1) is 0 Å². The van der Waals surface area contributed by atoms with Crippen molar-refractivity contribution < 1.29 is 0 Å². The molecule has 1 aliphatic heterocycles. The SMILES string of the molecule is Clc1ccc(CCn2cnnc2C2CCCN2)cc1. The van der Waals surface area contributed by atoms with Gasteiger partial charge < -0.3 is 9.88 Å². The third kappa shape index (κ3) is 2.96. The van der Waals surface area contributed by atoms with Crippen molar-refractivity contribution in [1.29, 1.82) is 0 Å². The predicted octanol–water partition coefficient (Wildman–Crippen LogP) is 2.60. The van der Waals surface area contributed by atoms with Gasteiger partial charge in [-0.2, -0.15) is 0 Å². The van der Waals surface area contributed by atoms with Crippen LogP contribution in [0.4, 0.5) is 0 Å². The Kier molecular flexibility index (Phi) is 3.80. The Hall–Kier alpha value is -1.39. The molecule has 5 heteroatoms. The largest absolute Gasteiger partial charge is 0.316 e. The average Bonchev–Trinajstić information content (AvgIpc) is 3.08. The van der Waals surface area contributed by atoms with Gasteiger partial charge in [-0.1, -0.05) is 23.7 Å². The molecule has 0 bridgehead atoms. The maximum absolute atomic E-state index is 5.89. The van der Waals surface area contributed by atoms with Gasteiger partial charge in [0.25, 0.3) is 0 Å². The molecule has 19 heavy (non-hydrogen) atoms. The van der Waals surface area contributed by atoms with Gasteiger partial charge in [-0.25, -0.2) is 0 Å². The van der Waals surface area contributed by atoms with Gasteiger partial charge in [0.05, 0.1) is 6.04 Å². The molecule has 1 unspecified atom stereocenters. The highest BCUT2D eigenvalue weighted by atomic mass is 35.5. The molecule has 1 fully saturated rings. The molecule has 0 radical (unpaired) electrons. The van der Waals surface area contributed by atoms with E-state index in [1.165, 1.54) is 12.0 Å². The van der Waals surface area contributed by atoms with Crippen LogP contribution in [-0.4, -0.2) is 21.3 Å². The number of nitrogens with zero attached hydrogens (tertiary/aromatic N) is 3. The molecule has 0 aliphatic carbocycles. The van der Waals surface area contributed by atoms with E-state index in [4.69, 9.17) is 11.6 Å². The predicted molar refractivity (Wildman–Crippen MR) is 75.2 cm³/mol. The summed E-state index contributed by atoms with van der Waals surface area (Å²) in [6.07, 6.45) is 5.16. The minimum absolute atomic E-state index is 0.368. The van der Waals surface area contributed by atoms with Crippen molar-refractivity contribution in [3.63, 3.8) is 0 Å². The van der Waals surface area contributed by atoms with Crippen LogP contribution >= 0.6 is 11.6 Å². The van der Waals surface area contributed by atoms with Gasteiger partial charge in [0.2, 0.25) is 0 Å². The van der Waals surface area contributed by atoms with E-state index >= 15 is 0 Å². The highest BCUT2D eigenvalue weighted by molar-refractivity contribution is 6.30. The number of hydrogen-bond donors (Lipinski definition) is 1. The molecule has 1 aromatic carbocycles. The Morgan fingerprint density at radius 3 is 2.89 bits per heavy atom. The first-order valence-corrected chi connectivity index (χ1v) is 7.06. The molecule has 1 aromatic heterocycles. The zero-order valence-corrected chi connectivity index (χ0v) is 11.5. The second kappa shape index (κ2) is 5.72. The lowest BCUT2D eigenvalue weighted by Gasteiger charge is -2.12. The molecule has 2 heterocycles. The van der Waals surface area contributed by atoms with Crippen LogP contribution in [-0.2, 0) is 13.0 Å². The van der Waals surface area contributed by atoms with Gasteiger partial charge in [0, 0.05) is 11.6 Å². The first-order valence-electron chi connectivity index (χ1n) is 6.68. The molecule has 1 saturated heterocycles. The van der Waals surface area contributed by atoms with Crippen molar-refractivity contribution in [1.82, 2.24) is 20.1 Å². The van der Waals surface area contributed by atoms with Crippen LogP contribution in [0.2, 0.25) is 5.02 Å². The van der Waals surface area contributed by atoms with Crippen molar-refractivity contribution in [2.45, 2.75) is 31.8 Å². The van der Waals surface area contributed by atoms with Crippen LogP contribution in [0.25, 0.3) is 0 Å². The number of aromatic nitrogens is 3. The van der Waals surface area contributed by atoms with Gasteiger partial charge in [-0.05, 0) is 43.5 Å². The summed E-state index contributed by atoms with van der Waals surface area (Å²) in [6.45, 7) is 1.98. The minimum atomic E-state index is 0.368. The highest BCUT2D eigenvalue weighted by Crippen LogP contribution is 2.21. The summed E-state index contributed by atoms with van der Waals surface area (Å²) >= 11 is 5.89. The molecular weight excluding hydrogens is 260 g/mol. The van der Waals surface area contributed by atoms with E-state index in [-0.39, 0.29) is 0 Å². The van der Waals surface area contributed by atoms with E-state index in [9.17, 15) is 0 Å². The molecule has 1 aliphatic rings. The molecule has 0 saturated carbocycles. The lowest BCUT2D eigenvalue weighted by molar-refractivity contribution is 0.545. The van der Waals surface area contributed by atoms with Crippen molar-refractivity contribution in [2.75, 3.05) is 6.54 Å². The summed E-state index contributed by atoms with van der Waals surface area (Å²) < 4.78 is 2.15. The van der Waals surface area contributed by atoms with Gasteiger partial charge in [-0.15, -0.1) is 10.2 Å². The van der Waals surface area contributed by atoms with Gasteiger partial charge in [0.15, 0.2) is 0 Å². The quantitative estimate of drug-likeness (QED) is 0.933. The number of aryl methyl sites for hydroxylation is 2.